The van der Waals surface area contributed by atoms with Crippen molar-refractivity contribution in [3.8, 4) is 0 Å². The van der Waals surface area contributed by atoms with Crippen LogP contribution in [0.2, 0.25) is 0 Å². The van der Waals surface area contributed by atoms with E-state index in [-0.39, 0.29) is 18.4 Å². The number of ether oxygens (including phenoxy) is 1. The molecule has 0 radical (unpaired) electrons. The van der Waals surface area contributed by atoms with Gasteiger partial charge in [0.25, 0.3) is 0 Å². The molecule has 1 heterocycles. The van der Waals surface area contributed by atoms with Crippen LogP contribution in [0.25, 0.3) is 0 Å². The van der Waals surface area contributed by atoms with Crippen molar-refractivity contribution in [1.29, 1.82) is 0 Å². The van der Waals surface area contributed by atoms with Crippen LogP contribution >= 0.6 is 0 Å². The lowest BCUT2D eigenvalue weighted by Crippen LogP contribution is -2.30. The lowest BCUT2D eigenvalue weighted by Gasteiger charge is -2.13. The Hall–Kier alpha value is -2.37. The summed E-state index contributed by atoms with van der Waals surface area (Å²) in [7, 11) is 0. The summed E-state index contributed by atoms with van der Waals surface area (Å²) < 4.78 is 4.82. The maximum absolute atomic E-state index is 11.5. The first-order valence-electron chi connectivity index (χ1n) is 5.97. The number of nitrogens with zero attached hydrogens (tertiary/aromatic N) is 1. The maximum Gasteiger partial charge on any atom is 0.428 e. The number of nitrogens with one attached hydrogen (secondary N) is 2. The number of hydrogen-bond acceptors (Lipinski definition) is 4. The number of anilines is 1. The third-order valence-corrected chi connectivity index (χ3v) is 2.63. The molecule has 2 rings (SSSR count). The number of rotatable bonds is 3. The van der Waals surface area contributed by atoms with E-state index in [9.17, 15) is 9.59 Å². The zero-order valence-electron chi connectivity index (χ0n) is 10.8. The lowest BCUT2D eigenvalue weighted by atomic mass is 10.1. The van der Waals surface area contributed by atoms with Crippen molar-refractivity contribution in [2.75, 3.05) is 11.9 Å². The Bertz CT molecular complexity index is 520. The lowest BCUT2D eigenvalue weighted by molar-refractivity contribution is -0.118. The molecular formula is C13H15N3O3. The van der Waals surface area contributed by atoms with Crippen molar-refractivity contribution in [2.24, 2.45) is 11.0 Å². The van der Waals surface area contributed by atoms with Gasteiger partial charge in [-0.1, -0.05) is 26.0 Å². The number of hydrazone groups is 1. The van der Waals surface area contributed by atoms with Crippen molar-refractivity contribution < 1.29 is 14.3 Å². The highest BCUT2D eigenvalue weighted by Crippen LogP contribution is 2.12. The second kappa shape index (κ2) is 5.51. The van der Waals surface area contributed by atoms with Gasteiger partial charge in [-0.2, -0.15) is 5.10 Å². The first-order chi connectivity index (χ1) is 9.06. The summed E-state index contributed by atoms with van der Waals surface area (Å²) in [5, 5.41) is 6.70. The molecule has 1 aliphatic heterocycles. The Labute approximate surface area is 110 Å². The van der Waals surface area contributed by atoms with Crippen molar-refractivity contribution >= 4 is 23.4 Å². The number of amides is 2. The number of hydrogen-bond donors (Lipinski definition) is 2. The molecule has 0 saturated heterocycles. The molecule has 6 heteroatoms. The SMILES string of the molecule is CC(C)C(=O)Nc1ccc(C2=NNC(=O)OC2)cc1. The molecule has 6 nitrogen and oxygen atoms in total. The summed E-state index contributed by atoms with van der Waals surface area (Å²) in [4.78, 5) is 22.3. The van der Waals surface area contributed by atoms with Gasteiger partial charge in [0.1, 0.15) is 12.3 Å². The van der Waals surface area contributed by atoms with E-state index < -0.39 is 6.09 Å². The van der Waals surface area contributed by atoms with Crippen molar-refractivity contribution in [1.82, 2.24) is 5.43 Å². The molecule has 2 N–H and O–H groups in total. The minimum absolute atomic E-state index is 0.0293. The third-order valence-electron chi connectivity index (χ3n) is 2.63. The summed E-state index contributed by atoms with van der Waals surface area (Å²) in [6.45, 7) is 3.81. The standard InChI is InChI=1S/C13H15N3O3/c1-8(2)12(17)14-10-5-3-9(4-6-10)11-7-19-13(18)16-15-11/h3-6,8H,7H2,1-2H3,(H,14,17)(H,16,18). The Morgan fingerprint density at radius 1 is 1.37 bits per heavy atom. The van der Waals surface area contributed by atoms with E-state index in [0.717, 1.165) is 11.3 Å². The summed E-state index contributed by atoms with van der Waals surface area (Å²) in [6.07, 6.45) is -0.551. The first kappa shape index (κ1) is 13.1. The van der Waals surface area contributed by atoms with Gasteiger partial charge in [-0.3, -0.25) is 4.79 Å². The summed E-state index contributed by atoms with van der Waals surface area (Å²) in [6, 6.07) is 7.20. The summed E-state index contributed by atoms with van der Waals surface area (Å²) >= 11 is 0. The fourth-order valence-corrected chi connectivity index (χ4v) is 1.49. The normalized spacial score (nSPS) is 14.5. The predicted molar refractivity (Wildman–Crippen MR) is 70.9 cm³/mol. The van der Waals surface area contributed by atoms with E-state index in [2.05, 4.69) is 15.8 Å². The van der Waals surface area contributed by atoms with Gasteiger partial charge in [0.05, 0.1) is 0 Å². The highest BCUT2D eigenvalue weighted by Gasteiger charge is 2.14. The fraction of sp³-hybridized carbons (Fsp3) is 0.308. The number of carbonyl (C=O) groups is 2. The molecule has 2 amide bonds. The Balaban J connectivity index is 2.06. The molecule has 0 fully saturated rings. The highest BCUT2D eigenvalue weighted by atomic mass is 16.6. The number of benzene rings is 1. The van der Waals surface area contributed by atoms with Crippen LogP contribution < -0.4 is 10.7 Å². The van der Waals surface area contributed by atoms with Crippen molar-refractivity contribution in [3.63, 3.8) is 0 Å². The monoisotopic (exact) mass is 261 g/mol. The topological polar surface area (TPSA) is 79.8 Å². The zero-order chi connectivity index (χ0) is 13.8. The van der Waals surface area contributed by atoms with Crippen LogP contribution in [0.4, 0.5) is 10.5 Å². The van der Waals surface area contributed by atoms with Gasteiger partial charge in [0.2, 0.25) is 5.91 Å². The van der Waals surface area contributed by atoms with Crippen LogP contribution in [0.1, 0.15) is 19.4 Å². The van der Waals surface area contributed by atoms with Gasteiger partial charge < -0.3 is 10.1 Å². The van der Waals surface area contributed by atoms with Gasteiger partial charge in [-0.15, -0.1) is 0 Å². The maximum atomic E-state index is 11.5. The van der Waals surface area contributed by atoms with E-state index in [1.165, 1.54) is 0 Å². The molecule has 0 spiro atoms. The van der Waals surface area contributed by atoms with Crippen LogP contribution in [0.3, 0.4) is 0 Å². The second-order valence-electron chi connectivity index (χ2n) is 4.47. The van der Waals surface area contributed by atoms with Crippen molar-refractivity contribution in [2.45, 2.75) is 13.8 Å². The molecule has 0 unspecified atom stereocenters. The second-order valence-corrected chi connectivity index (χ2v) is 4.47. The number of carbonyl (C=O) groups excluding carboxylic acids is 2. The molecule has 100 valence electrons. The Morgan fingerprint density at radius 3 is 2.58 bits per heavy atom. The minimum Gasteiger partial charge on any atom is -0.442 e. The fourth-order valence-electron chi connectivity index (χ4n) is 1.49. The van der Waals surface area contributed by atoms with Crippen LogP contribution in [0, 0.1) is 5.92 Å². The number of cyclic esters (lactones) is 1. The zero-order valence-corrected chi connectivity index (χ0v) is 10.8. The van der Waals surface area contributed by atoms with Crippen LogP contribution in [-0.4, -0.2) is 24.3 Å². The van der Waals surface area contributed by atoms with E-state index in [1.807, 2.05) is 26.0 Å². The largest absolute Gasteiger partial charge is 0.442 e. The molecule has 1 aliphatic rings. The molecular weight excluding hydrogens is 246 g/mol. The molecule has 0 bridgehead atoms. The molecule has 0 aromatic heterocycles. The Morgan fingerprint density at radius 2 is 2.05 bits per heavy atom. The summed E-state index contributed by atoms with van der Waals surface area (Å²) in [5.41, 5.74) is 4.45. The summed E-state index contributed by atoms with van der Waals surface area (Å²) in [5.74, 6) is -0.0932. The van der Waals surface area contributed by atoms with Crippen molar-refractivity contribution in [3.05, 3.63) is 29.8 Å². The minimum atomic E-state index is -0.551. The van der Waals surface area contributed by atoms with Gasteiger partial charge in [-0.25, -0.2) is 10.2 Å². The van der Waals surface area contributed by atoms with E-state index in [1.54, 1.807) is 12.1 Å². The molecule has 1 aromatic carbocycles. The van der Waals surface area contributed by atoms with Gasteiger partial charge >= 0.3 is 6.09 Å². The van der Waals surface area contributed by atoms with Gasteiger partial charge in [-0.05, 0) is 12.1 Å². The predicted octanol–water partition coefficient (Wildman–Crippen LogP) is 1.73. The van der Waals surface area contributed by atoms with Gasteiger partial charge in [0.15, 0.2) is 0 Å². The highest BCUT2D eigenvalue weighted by molar-refractivity contribution is 6.04. The van der Waals surface area contributed by atoms with E-state index in [4.69, 9.17) is 4.74 Å². The van der Waals surface area contributed by atoms with Gasteiger partial charge in [0, 0.05) is 17.2 Å². The molecule has 0 saturated carbocycles. The average Bonchev–Trinajstić information content (AvgIpc) is 2.40. The smallest absolute Gasteiger partial charge is 0.428 e. The van der Waals surface area contributed by atoms with E-state index >= 15 is 0 Å². The van der Waals surface area contributed by atoms with Crippen LogP contribution in [-0.2, 0) is 9.53 Å². The molecule has 1 aromatic rings. The van der Waals surface area contributed by atoms with E-state index in [0.29, 0.717) is 5.71 Å². The molecule has 0 atom stereocenters. The first-order valence-corrected chi connectivity index (χ1v) is 5.97. The molecule has 19 heavy (non-hydrogen) atoms. The Kier molecular flexibility index (Phi) is 3.79. The van der Waals surface area contributed by atoms with Crippen LogP contribution in [0.5, 0.6) is 0 Å². The quantitative estimate of drug-likeness (QED) is 0.869. The van der Waals surface area contributed by atoms with Crippen LogP contribution in [0.15, 0.2) is 29.4 Å². The third kappa shape index (κ3) is 3.31. The molecule has 0 aliphatic carbocycles. The average molecular weight is 261 g/mol.